The van der Waals surface area contributed by atoms with E-state index in [0.717, 1.165) is 22.3 Å². The van der Waals surface area contributed by atoms with Gasteiger partial charge in [0.2, 0.25) is 0 Å². The fourth-order valence-corrected chi connectivity index (χ4v) is 4.12. The van der Waals surface area contributed by atoms with Crippen LogP contribution in [0.25, 0.3) is 10.2 Å². The van der Waals surface area contributed by atoms with Gasteiger partial charge in [-0.2, -0.15) is 5.10 Å². The Morgan fingerprint density at radius 3 is 2.77 bits per heavy atom. The molecule has 1 N–H and O–H groups in total. The van der Waals surface area contributed by atoms with Crippen LogP contribution < -0.4 is 0 Å². The van der Waals surface area contributed by atoms with Gasteiger partial charge in [-0.1, -0.05) is 0 Å². The fourth-order valence-electron chi connectivity index (χ4n) is 3.04. The van der Waals surface area contributed by atoms with Crippen LogP contribution >= 0.6 is 11.3 Å². The highest BCUT2D eigenvalue weighted by Crippen LogP contribution is 2.31. The largest absolute Gasteiger partial charge is 0.481 e. The zero-order valence-electron chi connectivity index (χ0n) is 12.9. The van der Waals surface area contributed by atoms with E-state index in [4.69, 9.17) is 0 Å². The Kier molecular flexibility index (Phi) is 3.68. The van der Waals surface area contributed by atoms with Gasteiger partial charge in [0.15, 0.2) is 0 Å². The van der Waals surface area contributed by atoms with E-state index < -0.39 is 11.9 Å². The normalized spacial score (nSPS) is 22.2. The molecule has 6 nitrogen and oxygen atoms in total. The van der Waals surface area contributed by atoms with Crippen molar-refractivity contribution in [3.63, 3.8) is 0 Å². The standard InChI is InChI=1S/C15H19N3O3S/c1-8-4-5-10(15(20)21)7-18(8)13(19)12-6-11-9(2)16-17(3)14(11)22-12/h6,8,10H,4-5,7H2,1-3H3,(H,20,21). The number of carbonyl (C=O) groups excluding carboxylic acids is 1. The van der Waals surface area contributed by atoms with E-state index in [1.165, 1.54) is 11.3 Å². The highest BCUT2D eigenvalue weighted by Gasteiger charge is 2.33. The van der Waals surface area contributed by atoms with E-state index in [1.54, 1.807) is 9.58 Å². The van der Waals surface area contributed by atoms with Crippen LogP contribution in [0, 0.1) is 12.8 Å². The highest BCUT2D eigenvalue weighted by molar-refractivity contribution is 7.20. The zero-order chi connectivity index (χ0) is 16.0. The van der Waals surface area contributed by atoms with Crippen LogP contribution in [0.2, 0.25) is 0 Å². The molecule has 0 spiro atoms. The van der Waals surface area contributed by atoms with Crippen molar-refractivity contribution in [3.05, 3.63) is 16.6 Å². The summed E-state index contributed by atoms with van der Waals surface area (Å²) in [5.74, 6) is -1.35. The maximum atomic E-state index is 12.8. The maximum Gasteiger partial charge on any atom is 0.308 e. The third kappa shape index (κ3) is 2.39. The fraction of sp³-hybridized carbons (Fsp3) is 0.533. The lowest BCUT2D eigenvalue weighted by molar-refractivity contribution is -0.143. The van der Waals surface area contributed by atoms with Gasteiger partial charge in [0, 0.05) is 25.0 Å². The van der Waals surface area contributed by atoms with Crippen LogP contribution in [0.4, 0.5) is 0 Å². The second-order valence-corrected chi connectivity index (χ2v) is 6.99. The third-order valence-corrected chi connectivity index (χ3v) is 5.59. The number of aliphatic carboxylic acids is 1. The number of carbonyl (C=O) groups is 2. The lowest BCUT2D eigenvalue weighted by Gasteiger charge is -2.36. The highest BCUT2D eigenvalue weighted by atomic mass is 32.1. The monoisotopic (exact) mass is 321 g/mol. The molecule has 0 aromatic carbocycles. The van der Waals surface area contributed by atoms with Crippen LogP contribution in [-0.2, 0) is 11.8 Å². The molecule has 1 fully saturated rings. The first-order valence-corrected chi connectivity index (χ1v) is 8.17. The predicted molar refractivity (Wildman–Crippen MR) is 84.2 cm³/mol. The molecule has 1 aliphatic rings. The third-order valence-electron chi connectivity index (χ3n) is 4.40. The van der Waals surface area contributed by atoms with Gasteiger partial charge in [-0.25, -0.2) is 0 Å². The van der Waals surface area contributed by atoms with Gasteiger partial charge in [0.1, 0.15) is 4.83 Å². The van der Waals surface area contributed by atoms with Crippen molar-refractivity contribution in [1.29, 1.82) is 0 Å². The van der Waals surface area contributed by atoms with Crippen molar-refractivity contribution in [2.75, 3.05) is 6.54 Å². The summed E-state index contributed by atoms with van der Waals surface area (Å²) in [7, 11) is 1.87. The quantitative estimate of drug-likeness (QED) is 0.920. The van der Waals surface area contributed by atoms with E-state index in [9.17, 15) is 14.7 Å². The molecule has 2 aromatic rings. The Morgan fingerprint density at radius 2 is 2.14 bits per heavy atom. The summed E-state index contributed by atoms with van der Waals surface area (Å²) in [6, 6.07) is 1.95. The summed E-state index contributed by atoms with van der Waals surface area (Å²) in [5.41, 5.74) is 0.905. The lowest BCUT2D eigenvalue weighted by Crippen LogP contribution is -2.47. The first-order valence-electron chi connectivity index (χ1n) is 7.35. The molecule has 0 saturated carbocycles. The molecule has 118 valence electrons. The van der Waals surface area contributed by atoms with E-state index in [0.29, 0.717) is 17.8 Å². The number of amides is 1. The van der Waals surface area contributed by atoms with Crippen LogP contribution in [0.1, 0.15) is 35.1 Å². The number of hydrogen-bond donors (Lipinski definition) is 1. The minimum absolute atomic E-state index is 0.0703. The Bertz CT molecular complexity index is 714. The van der Waals surface area contributed by atoms with Crippen molar-refractivity contribution in [2.45, 2.75) is 32.7 Å². The number of carboxylic acid groups (broad SMARTS) is 1. The number of nitrogens with zero attached hydrogens (tertiary/aromatic N) is 3. The lowest BCUT2D eigenvalue weighted by atomic mass is 9.93. The number of aryl methyl sites for hydroxylation is 2. The van der Waals surface area contributed by atoms with Crippen LogP contribution in [0.15, 0.2) is 6.07 Å². The number of carboxylic acids is 1. The van der Waals surface area contributed by atoms with Crippen molar-refractivity contribution in [3.8, 4) is 0 Å². The molecule has 0 bridgehead atoms. The second kappa shape index (κ2) is 5.39. The molecule has 3 rings (SSSR count). The topological polar surface area (TPSA) is 75.4 Å². The van der Waals surface area contributed by atoms with Gasteiger partial charge >= 0.3 is 5.97 Å². The van der Waals surface area contributed by atoms with E-state index in [-0.39, 0.29) is 11.9 Å². The average molecular weight is 321 g/mol. The number of likely N-dealkylation sites (tertiary alicyclic amines) is 1. The number of piperidine rings is 1. The second-order valence-electron chi connectivity index (χ2n) is 5.96. The number of thiophene rings is 1. The molecular formula is C15H19N3O3S. The predicted octanol–water partition coefficient (Wildman–Crippen LogP) is 2.27. The molecule has 22 heavy (non-hydrogen) atoms. The molecule has 1 aliphatic heterocycles. The minimum Gasteiger partial charge on any atom is -0.481 e. The molecule has 0 radical (unpaired) electrons. The van der Waals surface area contributed by atoms with Crippen molar-refractivity contribution >= 4 is 33.4 Å². The summed E-state index contributed by atoms with van der Waals surface area (Å²) in [6.45, 7) is 4.20. The zero-order valence-corrected chi connectivity index (χ0v) is 13.7. The van der Waals surface area contributed by atoms with Crippen molar-refractivity contribution < 1.29 is 14.7 Å². The summed E-state index contributed by atoms with van der Waals surface area (Å²) in [4.78, 5) is 27.3. The van der Waals surface area contributed by atoms with Crippen LogP contribution in [0.3, 0.4) is 0 Å². The average Bonchev–Trinajstić information content (AvgIpc) is 3.01. The molecule has 2 aromatic heterocycles. The van der Waals surface area contributed by atoms with E-state index >= 15 is 0 Å². The Balaban J connectivity index is 1.90. The van der Waals surface area contributed by atoms with Crippen LogP contribution in [0.5, 0.6) is 0 Å². The van der Waals surface area contributed by atoms with Crippen molar-refractivity contribution in [2.24, 2.45) is 13.0 Å². The first kappa shape index (κ1) is 15.0. The van der Waals surface area contributed by atoms with E-state index in [1.807, 2.05) is 27.0 Å². The molecule has 2 atom stereocenters. The van der Waals surface area contributed by atoms with Gasteiger partial charge in [0.05, 0.1) is 16.5 Å². The molecule has 0 aliphatic carbocycles. The number of aromatic nitrogens is 2. The molecular weight excluding hydrogens is 302 g/mol. The van der Waals surface area contributed by atoms with E-state index in [2.05, 4.69) is 5.10 Å². The SMILES string of the molecule is Cc1nn(C)c2sc(C(=O)N3CC(C(=O)O)CCC3C)cc12. The maximum absolute atomic E-state index is 12.8. The van der Waals surface area contributed by atoms with Crippen LogP contribution in [-0.4, -0.2) is 44.3 Å². The first-order chi connectivity index (χ1) is 10.4. The Morgan fingerprint density at radius 1 is 1.41 bits per heavy atom. The summed E-state index contributed by atoms with van der Waals surface area (Å²) < 4.78 is 1.78. The van der Waals surface area contributed by atoms with Crippen molar-refractivity contribution in [1.82, 2.24) is 14.7 Å². The molecule has 1 amide bonds. The number of rotatable bonds is 2. The molecule has 7 heteroatoms. The van der Waals surface area contributed by atoms with Gasteiger partial charge in [0.25, 0.3) is 5.91 Å². The molecule has 2 unspecified atom stereocenters. The smallest absolute Gasteiger partial charge is 0.308 e. The summed E-state index contributed by atoms with van der Waals surface area (Å²) in [6.07, 6.45) is 1.36. The molecule has 3 heterocycles. The van der Waals surface area contributed by atoms with Gasteiger partial charge in [-0.05, 0) is 32.8 Å². The Hall–Kier alpha value is -1.89. The number of fused-ring (bicyclic) bond motifs is 1. The Labute approximate surface area is 132 Å². The minimum atomic E-state index is -0.818. The summed E-state index contributed by atoms with van der Waals surface area (Å²) in [5, 5.41) is 14.5. The number of hydrogen-bond acceptors (Lipinski definition) is 4. The van der Waals surface area contributed by atoms with Gasteiger partial charge in [-0.3, -0.25) is 14.3 Å². The van der Waals surface area contributed by atoms with Gasteiger partial charge in [-0.15, -0.1) is 11.3 Å². The molecule has 1 saturated heterocycles. The summed E-state index contributed by atoms with van der Waals surface area (Å²) >= 11 is 1.42. The van der Waals surface area contributed by atoms with Gasteiger partial charge < -0.3 is 10.0 Å².